The van der Waals surface area contributed by atoms with Gasteiger partial charge in [0.1, 0.15) is 11.5 Å². The second-order valence-electron chi connectivity index (χ2n) is 5.75. The first-order valence-corrected chi connectivity index (χ1v) is 8.28. The van der Waals surface area contributed by atoms with Crippen LogP contribution in [0.2, 0.25) is 0 Å². The Bertz CT molecular complexity index is 956. The fourth-order valence-corrected chi connectivity index (χ4v) is 2.69. The van der Waals surface area contributed by atoms with Gasteiger partial charge in [-0.05, 0) is 16.8 Å². The number of amides is 1. The van der Waals surface area contributed by atoms with Crippen molar-refractivity contribution in [2.75, 3.05) is 26.1 Å². The number of hydrogen-bond donors (Lipinski definition) is 1. The molecule has 0 spiro atoms. The third-order valence-corrected chi connectivity index (χ3v) is 3.98. The number of ether oxygens (including phenoxy) is 3. The molecule has 6 nitrogen and oxygen atoms in total. The molecule has 1 N–H and O–H groups in total. The lowest BCUT2D eigenvalue weighted by atomic mass is 10.1. The van der Waals surface area contributed by atoms with Gasteiger partial charge in [0.15, 0.2) is 6.61 Å². The third kappa shape index (κ3) is 4.36. The van der Waals surface area contributed by atoms with Gasteiger partial charge in [-0.1, -0.05) is 36.4 Å². The van der Waals surface area contributed by atoms with Gasteiger partial charge in [0.2, 0.25) is 0 Å². The Morgan fingerprint density at radius 1 is 0.889 bits per heavy atom. The van der Waals surface area contributed by atoms with Crippen LogP contribution in [-0.2, 0) is 9.53 Å². The molecule has 0 heterocycles. The quantitative estimate of drug-likeness (QED) is 0.675. The number of esters is 1. The molecule has 0 atom stereocenters. The van der Waals surface area contributed by atoms with E-state index in [1.54, 1.807) is 30.3 Å². The number of carbonyl (C=O) groups is 2. The molecule has 0 radical (unpaired) electrons. The van der Waals surface area contributed by atoms with Crippen molar-refractivity contribution in [3.05, 3.63) is 66.2 Å². The summed E-state index contributed by atoms with van der Waals surface area (Å²) in [5, 5.41) is 4.37. The van der Waals surface area contributed by atoms with E-state index in [9.17, 15) is 9.59 Å². The normalized spacial score (nSPS) is 10.3. The Hall–Kier alpha value is -3.54. The number of benzene rings is 3. The summed E-state index contributed by atoms with van der Waals surface area (Å²) in [7, 11) is 3.04. The van der Waals surface area contributed by atoms with Crippen LogP contribution in [0.15, 0.2) is 60.7 Å². The van der Waals surface area contributed by atoms with Crippen molar-refractivity contribution in [2.24, 2.45) is 0 Å². The van der Waals surface area contributed by atoms with Gasteiger partial charge in [0.25, 0.3) is 5.91 Å². The molecule has 3 rings (SSSR count). The molecule has 138 valence electrons. The molecular formula is C21H19NO5. The fourth-order valence-electron chi connectivity index (χ4n) is 2.69. The van der Waals surface area contributed by atoms with E-state index in [4.69, 9.17) is 14.2 Å². The van der Waals surface area contributed by atoms with Crippen LogP contribution in [0.25, 0.3) is 10.8 Å². The summed E-state index contributed by atoms with van der Waals surface area (Å²) in [6.45, 7) is -0.401. The Labute approximate surface area is 156 Å². The molecule has 0 aliphatic rings. The summed E-state index contributed by atoms with van der Waals surface area (Å²) in [5.41, 5.74) is 0.904. The first-order valence-electron chi connectivity index (χ1n) is 8.28. The zero-order valence-corrected chi connectivity index (χ0v) is 15.0. The lowest BCUT2D eigenvalue weighted by molar-refractivity contribution is -0.119. The number of anilines is 1. The van der Waals surface area contributed by atoms with Crippen LogP contribution in [0, 0.1) is 0 Å². The highest BCUT2D eigenvalue weighted by atomic mass is 16.5. The minimum Gasteiger partial charge on any atom is -0.497 e. The predicted octanol–water partition coefficient (Wildman–Crippen LogP) is 3.65. The zero-order valence-electron chi connectivity index (χ0n) is 15.0. The largest absolute Gasteiger partial charge is 0.497 e. The molecule has 6 heteroatoms. The van der Waals surface area contributed by atoms with Gasteiger partial charge >= 0.3 is 5.97 Å². The van der Waals surface area contributed by atoms with Crippen molar-refractivity contribution in [3.8, 4) is 11.5 Å². The van der Waals surface area contributed by atoms with Crippen LogP contribution in [0.1, 0.15) is 10.4 Å². The molecule has 0 saturated carbocycles. The maximum Gasteiger partial charge on any atom is 0.339 e. The van der Waals surface area contributed by atoms with Gasteiger partial charge in [-0.15, -0.1) is 0 Å². The molecule has 0 aromatic heterocycles. The predicted molar refractivity (Wildman–Crippen MR) is 102 cm³/mol. The van der Waals surface area contributed by atoms with Gasteiger partial charge in [0, 0.05) is 23.9 Å². The highest BCUT2D eigenvalue weighted by Gasteiger charge is 2.14. The first-order chi connectivity index (χ1) is 13.1. The summed E-state index contributed by atoms with van der Waals surface area (Å²) in [6, 6.07) is 17.8. The molecule has 0 unspecified atom stereocenters. The molecule has 0 aliphatic carbocycles. The molecular weight excluding hydrogens is 346 g/mol. The molecule has 3 aromatic carbocycles. The van der Waals surface area contributed by atoms with Crippen molar-refractivity contribution in [2.45, 2.75) is 0 Å². The number of fused-ring (bicyclic) bond motifs is 1. The number of hydrogen-bond acceptors (Lipinski definition) is 5. The topological polar surface area (TPSA) is 73.9 Å². The van der Waals surface area contributed by atoms with Crippen LogP contribution in [-0.4, -0.2) is 32.7 Å². The number of rotatable bonds is 6. The smallest absolute Gasteiger partial charge is 0.339 e. The monoisotopic (exact) mass is 365 g/mol. The van der Waals surface area contributed by atoms with E-state index in [2.05, 4.69) is 5.32 Å². The fraction of sp³-hybridized carbons (Fsp3) is 0.143. The van der Waals surface area contributed by atoms with E-state index in [-0.39, 0.29) is 0 Å². The number of methoxy groups -OCH3 is 2. The van der Waals surface area contributed by atoms with E-state index < -0.39 is 18.5 Å². The van der Waals surface area contributed by atoms with Crippen molar-refractivity contribution >= 4 is 28.3 Å². The maximum atomic E-state index is 12.4. The Balaban J connectivity index is 1.66. The van der Waals surface area contributed by atoms with Gasteiger partial charge in [-0.3, -0.25) is 4.79 Å². The SMILES string of the molecule is COc1cc(NC(=O)COC(=O)c2cccc3ccccc23)cc(OC)c1. The van der Waals surface area contributed by atoms with Crippen molar-refractivity contribution in [3.63, 3.8) is 0 Å². The minimum absolute atomic E-state index is 0.401. The molecule has 3 aromatic rings. The highest BCUT2D eigenvalue weighted by Crippen LogP contribution is 2.25. The lowest BCUT2D eigenvalue weighted by Gasteiger charge is -2.10. The molecule has 0 aliphatic heterocycles. The van der Waals surface area contributed by atoms with Crippen LogP contribution in [0.3, 0.4) is 0 Å². The minimum atomic E-state index is -0.551. The van der Waals surface area contributed by atoms with Crippen LogP contribution >= 0.6 is 0 Å². The third-order valence-electron chi connectivity index (χ3n) is 3.98. The zero-order chi connectivity index (χ0) is 19.2. The first kappa shape index (κ1) is 18.3. The number of nitrogens with one attached hydrogen (secondary N) is 1. The van der Waals surface area contributed by atoms with E-state index in [1.165, 1.54) is 14.2 Å². The van der Waals surface area contributed by atoms with E-state index in [1.807, 2.05) is 30.3 Å². The van der Waals surface area contributed by atoms with Gasteiger partial charge in [-0.25, -0.2) is 4.79 Å². The molecule has 0 bridgehead atoms. The highest BCUT2D eigenvalue weighted by molar-refractivity contribution is 6.05. The average Bonchev–Trinajstić information content (AvgIpc) is 2.71. The van der Waals surface area contributed by atoms with E-state index in [0.29, 0.717) is 22.7 Å². The average molecular weight is 365 g/mol. The summed E-state index contributed by atoms with van der Waals surface area (Å²) in [4.78, 5) is 24.5. The van der Waals surface area contributed by atoms with Crippen molar-refractivity contribution < 1.29 is 23.8 Å². The summed E-state index contributed by atoms with van der Waals surface area (Å²) < 4.78 is 15.5. The summed E-state index contributed by atoms with van der Waals surface area (Å²) in [5.74, 6) is 0.0684. The Morgan fingerprint density at radius 2 is 1.56 bits per heavy atom. The molecule has 0 fully saturated rings. The van der Waals surface area contributed by atoms with Gasteiger partial charge in [-0.2, -0.15) is 0 Å². The molecule has 1 amide bonds. The number of carbonyl (C=O) groups excluding carboxylic acids is 2. The van der Waals surface area contributed by atoms with Gasteiger partial charge < -0.3 is 19.5 Å². The molecule has 27 heavy (non-hydrogen) atoms. The van der Waals surface area contributed by atoms with Crippen molar-refractivity contribution in [1.82, 2.24) is 0 Å². The Kier molecular flexibility index (Phi) is 5.56. The van der Waals surface area contributed by atoms with Gasteiger partial charge in [0.05, 0.1) is 19.8 Å². The van der Waals surface area contributed by atoms with E-state index >= 15 is 0 Å². The summed E-state index contributed by atoms with van der Waals surface area (Å²) >= 11 is 0. The summed E-state index contributed by atoms with van der Waals surface area (Å²) in [6.07, 6.45) is 0. The second-order valence-corrected chi connectivity index (χ2v) is 5.75. The standard InChI is InChI=1S/C21H19NO5/c1-25-16-10-15(11-17(12-16)26-2)22-20(23)13-27-21(24)19-9-5-7-14-6-3-4-8-18(14)19/h3-12H,13H2,1-2H3,(H,22,23). The molecule has 0 saturated heterocycles. The maximum absolute atomic E-state index is 12.4. The second kappa shape index (κ2) is 8.23. The van der Waals surface area contributed by atoms with E-state index in [0.717, 1.165) is 10.8 Å². The van der Waals surface area contributed by atoms with Crippen LogP contribution in [0.5, 0.6) is 11.5 Å². The van der Waals surface area contributed by atoms with Crippen LogP contribution in [0.4, 0.5) is 5.69 Å². The van der Waals surface area contributed by atoms with Crippen molar-refractivity contribution in [1.29, 1.82) is 0 Å². The lowest BCUT2D eigenvalue weighted by Crippen LogP contribution is -2.21. The van der Waals surface area contributed by atoms with Crippen LogP contribution < -0.4 is 14.8 Å². The Morgan fingerprint density at radius 3 is 2.26 bits per heavy atom.